The highest BCUT2D eigenvalue weighted by atomic mass is 16.5. The van der Waals surface area contributed by atoms with E-state index in [9.17, 15) is 4.79 Å². The lowest BCUT2D eigenvalue weighted by Crippen LogP contribution is -2.29. The van der Waals surface area contributed by atoms with E-state index < -0.39 is 0 Å². The summed E-state index contributed by atoms with van der Waals surface area (Å²) in [7, 11) is 1.63. The van der Waals surface area contributed by atoms with Crippen LogP contribution in [0.25, 0.3) is 0 Å². The first-order chi connectivity index (χ1) is 9.78. The molecule has 0 amide bonds. The van der Waals surface area contributed by atoms with E-state index in [2.05, 4.69) is 16.8 Å². The number of carbonyl (C=O) groups is 1. The minimum absolute atomic E-state index is 0.440. The summed E-state index contributed by atoms with van der Waals surface area (Å²) in [4.78, 5) is 18.0. The number of methoxy groups -OCH3 is 1. The highest BCUT2D eigenvalue weighted by Gasteiger charge is 2.20. The number of hydrogen-bond acceptors (Lipinski definition) is 4. The summed E-state index contributed by atoms with van der Waals surface area (Å²) in [5, 5.41) is 0. The molecule has 1 aromatic rings. The van der Waals surface area contributed by atoms with E-state index in [4.69, 9.17) is 4.74 Å². The molecule has 1 aromatic heterocycles. The number of rotatable bonds is 7. The van der Waals surface area contributed by atoms with E-state index in [0.717, 1.165) is 36.7 Å². The number of anilines is 1. The van der Waals surface area contributed by atoms with Crippen molar-refractivity contribution in [1.82, 2.24) is 4.98 Å². The third-order valence-corrected chi connectivity index (χ3v) is 4.04. The molecule has 0 atom stereocenters. The fraction of sp³-hybridized carbons (Fsp3) is 0.625. The summed E-state index contributed by atoms with van der Waals surface area (Å²) in [6.45, 7) is 4.51. The van der Waals surface area contributed by atoms with Crippen molar-refractivity contribution in [3.8, 4) is 0 Å². The van der Waals surface area contributed by atoms with E-state index in [1.54, 1.807) is 7.11 Å². The van der Waals surface area contributed by atoms with Crippen LogP contribution in [-0.2, 0) is 11.3 Å². The van der Waals surface area contributed by atoms with Crippen molar-refractivity contribution in [1.29, 1.82) is 0 Å². The Morgan fingerprint density at radius 1 is 1.40 bits per heavy atom. The third-order valence-electron chi connectivity index (χ3n) is 4.04. The number of aromatic nitrogens is 1. The average Bonchev–Trinajstić information content (AvgIpc) is 2.98. The van der Waals surface area contributed by atoms with Gasteiger partial charge in [0.2, 0.25) is 0 Å². The van der Waals surface area contributed by atoms with Crippen molar-refractivity contribution in [2.24, 2.45) is 5.92 Å². The molecule has 0 aliphatic heterocycles. The van der Waals surface area contributed by atoms with E-state index >= 15 is 0 Å². The van der Waals surface area contributed by atoms with Gasteiger partial charge >= 0.3 is 0 Å². The molecule has 4 heteroatoms. The number of nitrogens with zero attached hydrogens (tertiary/aromatic N) is 2. The molecule has 1 saturated carbocycles. The first kappa shape index (κ1) is 15.0. The lowest BCUT2D eigenvalue weighted by molar-refractivity contribution is 0.111. The Morgan fingerprint density at radius 2 is 2.15 bits per heavy atom. The molecule has 2 rings (SSSR count). The molecule has 1 heterocycles. The van der Waals surface area contributed by atoms with Gasteiger partial charge in [0.15, 0.2) is 6.29 Å². The minimum atomic E-state index is 0.440. The van der Waals surface area contributed by atoms with Crippen molar-refractivity contribution in [2.45, 2.75) is 39.2 Å². The molecule has 1 aliphatic rings. The van der Waals surface area contributed by atoms with Crippen LogP contribution in [0.1, 0.15) is 48.8 Å². The van der Waals surface area contributed by atoms with E-state index in [1.807, 2.05) is 12.1 Å². The molecule has 0 saturated heterocycles. The van der Waals surface area contributed by atoms with Crippen molar-refractivity contribution in [3.63, 3.8) is 0 Å². The van der Waals surface area contributed by atoms with Crippen LogP contribution < -0.4 is 4.90 Å². The molecule has 0 bridgehead atoms. The van der Waals surface area contributed by atoms with Gasteiger partial charge in [-0.25, -0.2) is 4.98 Å². The average molecular weight is 276 g/mol. The summed E-state index contributed by atoms with van der Waals surface area (Å²) >= 11 is 0. The van der Waals surface area contributed by atoms with Crippen molar-refractivity contribution in [2.75, 3.05) is 25.1 Å². The summed E-state index contributed by atoms with van der Waals surface area (Å²) in [5.74, 6) is 0.758. The van der Waals surface area contributed by atoms with Gasteiger partial charge in [-0.2, -0.15) is 0 Å². The van der Waals surface area contributed by atoms with Gasteiger partial charge in [0, 0.05) is 20.2 Å². The van der Waals surface area contributed by atoms with E-state index in [1.165, 1.54) is 25.7 Å². The van der Waals surface area contributed by atoms with Crippen LogP contribution in [0.3, 0.4) is 0 Å². The molecule has 1 aliphatic carbocycles. The molecule has 0 spiro atoms. The summed E-state index contributed by atoms with van der Waals surface area (Å²) in [5.41, 5.74) is 2.28. The van der Waals surface area contributed by atoms with Gasteiger partial charge in [-0.3, -0.25) is 4.79 Å². The second-order valence-corrected chi connectivity index (χ2v) is 5.45. The van der Waals surface area contributed by atoms with Crippen LogP contribution in [0.15, 0.2) is 12.1 Å². The lowest BCUT2D eigenvalue weighted by atomic mass is 10.1. The number of carbonyl (C=O) groups excluding carboxylic acids is 1. The summed E-state index contributed by atoms with van der Waals surface area (Å²) in [6.07, 6.45) is 6.15. The van der Waals surface area contributed by atoms with Crippen LogP contribution in [0.4, 0.5) is 5.69 Å². The molecule has 110 valence electrons. The van der Waals surface area contributed by atoms with Gasteiger partial charge in [0.05, 0.1) is 18.0 Å². The first-order valence-electron chi connectivity index (χ1n) is 7.47. The zero-order chi connectivity index (χ0) is 14.4. The maximum atomic E-state index is 11.3. The predicted molar refractivity (Wildman–Crippen MR) is 80.2 cm³/mol. The molecule has 4 nitrogen and oxygen atoms in total. The van der Waals surface area contributed by atoms with Gasteiger partial charge in [-0.05, 0) is 37.8 Å². The van der Waals surface area contributed by atoms with E-state index in [-0.39, 0.29) is 0 Å². The second-order valence-electron chi connectivity index (χ2n) is 5.45. The van der Waals surface area contributed by atoms with Crippen LogP contribution >= 0.6 is 0 Å². The van der Waals surface area contributed by atoms with Gasteiger partial charge in [-0.15, -0.1) is 0 Å². The smallest absolute Gasteiger partial charge is 0.170 e. The topological polar surface area (TPSA) is 42.4 Å². The third kappa shape index (κ3) is 3.57. The molecular weight excluding hydrogens is 252 g/mol. The van der Waals surface area contributed by atoms with Crippen molar-refractivity contribution < 1.29 is 9.53 Å². The minimum Gasteiger partial charge on any atom is -0.378 e. The zero-order valence-corrected chi connectivity index (χ0v) is 12.5. The molecule has 1 fully saturated rings. The highest BCUT2D eigenvalue weighted by Crippen LogP contribution is 2.28. The number of aldehydes is 1. The molecule has 0 N–H and O–H groups in total. The maximum absolute atomic E-state index is 11.3. The highest BCUT2D eigenvalue weighted by molar-refractivity contribution is 5.81. The van der Waals surface area contributed by atoms with Gasteiger partial charge in [0.1, 0.15) is 5.69 Å². The summed E-state index contributed by atoms with van der Waals surface area (Å²) < 4.78 is 5.07. The Morgan fingerprint density at radius 3 is 2.75 bits per heavy atom. The Bertz CT molecular complexity index is 442. The zero-order valence-electron chi connectivity index (χ0n) is 12.5. The molecule has 20 heavy (non-hydrogen) atoms. The van der Waals surface area contributed by atoms with Gasteiger partial charge in [0.25, 0.3) is 0 Å². The largest absolute Gasteiger partial charge is 0.378 e. The van der Waals surface area contributed by atoms with Gasteiger partial charge < -0.3 is 9.64 Å². The Labute approximate surface area is 121 Å². The normalized spacial score (nSPS) is 15.5. The van der Waals surface area contributed by atoms with Crippen LogP contribution in [0.2, 0.25) is 0 Å². The fourth-order valence-corrected chi connectivity index (χ4v) is 2.99. The maximum Gasteiger partial charge on any atom is 0.170 e. The second kappa shape index (κ2) is 7.39. The Hall–Kier alpha value is -1.42. The molecule has 0 unspecified atom stereocenters. The van der Waals surface area contributed by atoms with Gasteiger partial charge in [-0.1, -0.05) is 12.8 Å². The Kier molecular flexibility index (Phi) is 5.53. The van der Waals surface area contributed by atoms with Crippen LogP contribution in [-0.4, -0.2) is 31.5 Å². The molecular formula is C16H24N2O2. The summed E-state index contributed by atoms with van der Waals surface area (Å²) in [6, 6.07) is 3.95. The number of ether oxygens (including phenoxy) is 1. The quantitative estimate of drug-likeness (QED) is 0.718. The molecule has 0 radical (unpaired) electrons. The monoisotopic (exact) mass is 276 g/mol. The Balaban J connectivity index is 2.16. The fourth-order valence-electron chi connectivity index (χ4n) is 2.99. The SMILES string of the molecule is CCN(CC1CCCC1)c1ccc(COC)nc1C=O. The van der Waals surface area contributed by atoms with Crippen molar-refractivity contribution >= 4 is 12.0 Å². The van der Waals surface area contributed by atoms with Crippen LogP contribution in [0.5, 0.6) is 0 Å². The van der Waals surface area contributed by atoms with E-state index in [0.29, 0.717) is 12.3 Å². The lowest BCUT2D eigenvalue weighted by Gasteiger charge is -2.27. The van der Waals surface area contributed by atoms with Crippen LogP contribution in [0, 0.1) is 5.92 Å². The van der Waals surface area contributed by atoms with Crippen molar-refractivity contribution in [3.05, 3.63) is 23.5 Å². The molecule has 0 aromatic carbocycles. The number of pyridine rings is 1. The predicted octanol–water partition coefficient (Wildman–Crippen LogP) is 3.06. The first-order valence-corrected chi connectivity index (χ1v) is 7.47. The standard InChI is InChI=1S/C16H24N2O2/c1-3-18(10-13-6-4-5-7-13)16-9-8-14(12-20-2)17-15(16)11-19/h8-9,11,13H,3-7,10,12H2,1-2H3. The number of hydrogen-bond donors (Lipinski definition) is 0.